The predicted molar refractivity (Wildman–Crippen MR) is 118 cm³/mol. The van der Waals surface area contributed by atoms with E-state index in [4.69, 9.17) is 0 Å². The van der Waals surface area contributed by atoms with E-state index in [1.165, 1.54) is 30.6 Å². The van der Waals surface area contributed by atoms with Crippen molar-refractivity contribution in [2.75, 3.05) is 32.7 Å². The number of fused-ring (bicyclic) bond motifs is 1. The molecule has 0 bridgehead atoms. The number of hydrogen-bond acceptors (Lipinski definition) is 6. The summed E-state index contributed by atoms with van der Waals surface area (Å²) in [7, 11) is 0. The molecule has 1 atom stereocenters. The maximum Gasteiger partial charge on any atom is 0.251 e. The number of halogens is 1. The molecule has 3 aromatic rings. The van der Waals surface area contributed by atoms with E-state index < -0.39 is 5.82 Å². The van der Waals surface area contributed by atoms with Crippen LogP contribution in [0.15, 0.2) is 46.2 Å². The standard InChI is InChI=1S/C23H26FN5O3/c24-16-9-19-18(26-11-16)1-2-22(32)29(19)8-7-27-5-3-23(14-27)4-6-28(15-23)13-17-10-20(30)21(31)12-25-17/h1-2,9-12,31H,3-8,13-15H2,(H,25,30). The van der Waals surface area contributed by atoms with Crippen molar-refractivity contribution in [3.05, 3.63) is 68.7 Å². The third-order valence-electron chi connectivity index (χ3n) is 6.83. The summed E-state index contributed by atoms with van der Waals surface area (Å²) in [6.07, 6.45) is 4.70. The molecule has 1 unspecified atom stereocenters. The Kier molecular flexibility index (Phi) is 5.30. The van der Waals surface area contributed by atoms with Gasteiger partial charge in [0.25, 0.3) is 5.56 Å². The number of likely N-dealkylation sites (tertiary alicyclic amines) is 2. The van der Waals surface area contributed by atoms with E-state index in [-0.39, 0.29) is 22.2 Å². The first kappa shape index (κ1) is 20.8. The van der Waals surface area contributed by atoms with Crippen molar-refractivity contribution < 1.29 is 9.50 Å². The molecule has 8 nitrogen and oxygen atoms in total. The molecule has 2 aliphatic heterocycles. The fraction of sp³-hybridized carbons (Fsp3) is 0.435. The third-order valence-corrected chi connectivity index (χ3v) is 6.83. The average Bonchev–Trinajstić information content (AvgIpc) is 3.36. The molecule has 2 aliphatic rings. The Morgan fingerprint density at radius 3 is 2.69 bits per heavy atom. The number of hydrogen-bond donors (Lipinski definition) is 2. The van der Waals surface area contributed by atoms with Crippen LogP contribution < -0.4 is 11.0 Å². The minimum Gasteiger partial charge on any atom is -0.503 e. The van der Waals surface area contributed by atoms with Gasteiger partial charge in [-0.3, -0.25) is 19.5 Å². The molecule has 9 heteroatoms. The van der Waals surface area contributed by atoms with Crippen molar-refractivity contribution in [3.63, 3.8) is 0 Å². The molecule has 3 aromatic heterocycles. The fourth-order valence-corrected chi connectivity index (χ4v) is 5.17. The first-order chi connectivity index (χ1) is 15.4. The normalized spacial score (nSPS) is 21.8. The zero-order valence-corrected chi connectivity index (χ0v) is 17.8. The first-order valence-electron chi connectivity index (χ1n) is 10.9. The maximum absolute atomic E-state index is 13.7. The van der Waals surface area contributed by atoms with Gasteiger partial charge in [0.15, 0.2) is 5.75 Å². The van der Waals surface area contributed by atoms with Crippen molar-refractivity contribution in [1.82, 2.24) is 24.3 Å². The third kappa shape index (κ3) is 4.05. The van der Waals surface area contributed by atoms with Crippen LogP contribution in [0.25, 0.3) is 11.0 Å². The van der Waals surface area contributed by atoms with Gasteiger partial charge < -0.3 is 19.6 Å². The lowest BCUT2D eigenvalue weighted by molar-refractivity contribution is 0.233. The van der Waals surface area contributed by atoms with Gasteiger partial charge in [-0.25, -0.2) is 4.39 Å². The quantitative estimate of drug-likeness (QED) is 0.626. The highest BCUT2D eigenvalue weighted by atomic mass is 19.1. The van der Waals surface area contributed by atoms with Crippen LogP contribution in [0.3, 0.4) is 0 Å². The second kappa shape index (κ2) is 8.14. The minimum absolute atomic E-state index is 0.145. The molecule has 168 valence electrons. The molecule has 2 N–H and O–H groups in total. The number of nitrogens with zero attached hydrogens (tertiary/aromatic N) is 4. The van der Waals surface area contributed by atoms with Gasteiger partial charge in [-0.1, -0.05) is 0 Å². The van der Waals surface area contributed by atoms with Gasteiger partial charge >= 0.3 is 0 Å². The zero-order valence-electron chi connectivity index (χ0n) is 17.8. The molecule has 2 fully saturated rings. The zero-order chi connectivity index (χ0) is 22.3. The van der Waals surface area contributed by atoms with Crippen LogP contribution in [0.5, 0.6) is 5.75 Å². The fourth-order valence-electron chi connectivity index (χ4n) is 5.17. The van der Waals surface area contributed by atoms with Gasteiger partial charge in [-0.05, 0) is 37.4 Å². The van der Waals surface area contributed by atoms with Crippen LogP contribution in [0.4, 0.5) is 4.39 Å². The van der Waals surface area contributed by atoms with Crippen LogP contribution in [0, 0.1) is 11.2 Å². The molecule has 5 rings (SSSR count). The van der Waals surface area contributed by atoms with E-state index in [0.717, 1.165) is 51.3 Å². The molecule has 32 heavy (non-hydrogen) atoms. The van der Waals surface area contributed by atoms with Crippen LogP contribution >= 0.6 is 0 Å². The highest BCUT2D eigenvalue weighted by molar-refractivity contribution is 5.74. The van der Waals surface area contributed by atoms with Crippen LogP contribution in [-0.4, -0.2) is 62.2 Å². The number of H-pyrrole nitrogens is 1. The summed E-state index contributed by atoms with van der Waals surface area (Å²) < 4.78 is 15.3. The molecule has 2 saturated heterocycles. The van der Waals surface area contributed by atoms with Crippen molar-refractivity contribution in [2.45, 2.75) is 25.9 Å². The molecule has 1 spiro atoms. The van der Waals surface area contributed by atoms with Crippen LogP contribution in [-0.2, 0) is 13.1 Å². The van der Waals surface area contributed by atoms with E-state index in [9.17, 15) is 19.1 Å². The number of pyridine rings is 3. The van der Waals surface area contributed by atoms with Gasteiger partial charge in [0, 0.05) is 62.8 Å². The predicted octanol–water partition coefficient (Wildman–Crippen LogP) is 1.53. The topological polar surface area (TPSA) is 94.5 Å². The molecule has 0 aromatic carbocycles. The average molecular weight is 439 g/mol. The van der Waals surface area contributed by atoms with Gasteiger partial charge in [0.2, 0.25) is 5.43 Å². The van der Waals surface area contributed by atoms with E-state index >= 15 is 0 Å². The lowest BCUT2D eigenvalue weighted by Gasteiger charge is -2.25. The summed E-state index contributed by atoms with van der Waals surface area (Å²) in [5.41, 5.74) is 1.65. The van der Waals surface area contributed by atoms with Crippen LogP contribution in [0.2, 0.25) is 0 Å². The summed E-state index contributed by atoms with van der Waals surface area (Å²) in [6, 6.07) is 5.95. The highest BCUT2D eigenvalue weighted by Crippen LogP contribution is 2.39. The van der Waals surface area contributed by atoms with Crippen molar-refractivity contribution >= 4 is 11.0 Å². The Morgan fingerprint density at radius 2 is 1.88 bits per heavy atom. The summed E-state index contributed by atoms with van der Waals surface area (Å²) in [4.78, 5) is 35.9. The van der Waals surface area contributed by atoms with E-state index in [1.807, 2.05) is 0 Å². The minimum atomic E-state index is -0.446. The maximum atomic E-state index is 13.7. The highest BCUT2D eigenvalue weighted by Gasteiger charge is 2.43. The number of nitrogens with one attached hydrogen (secondary N) is 1. The number of aromatic hydroxyl groups is 1. The lowest BCUT2D eigenvalue weighted by Crippen LogP contribution is -2.33. The summed E-state index contributed by atoms with van der Waals surface area (Å²) in [6.45, 7) is 5.72. The molecule has 0 radical (unpaired) electrons. The Labute approximate surface area is 183 Å². The Bertz CT molecular complexity index is 1270. The summed E-state index contributed by atoms with van der Waals surface area (Å²) in [5.74, 6) is -0.708. The van der Waals surface area contributed by atoms with E-state index in [0.29, 0.717) is 24.1 Å². The second-order valence-corrected chi connectivity index (χ2v) is 9.08. The van der Waals surface area contributed by atoms with Gasteiger partial charge in [0.1, 0.15) is 5.82 Å². The molecular formula is C23H26FN5O3. The van der Waals surface area contributed by atoms with E-state index in [2.05, 4.69) is 19.8 Å². The van der Waals surface area contributed by atoms with Gasteiger partial charge in [-0.15, -0.1) is 0 Å². The van der Waals surface area contributed by atoms with Gasteiger partial charge in [-0.2, -0.15) is 0 Å². The number of rotatable bonds is 5. The Balaban J connectivity index is 1.22. The van der Waals surface area contributed by atoms with Crippen molar-refractivity contribution in [1.29, 1.82) is 0 Å². The molecule has 5 heterocycles. The van der Waals surface area contributed by atoms with Crippen molar-refractivity contribution in [2.24, 2.45) is 5.41 Å². The Morgan fingerprint density at radius 1 is 1.09 bits per heavy atom. The number of aromatic nitrogens is 3. The first-order valence-corrected chi connectivity index (χ1v) is 10.9. The van der Waals surface area contributed by atoms with Crippen LogP contribution in [0.1, 0.15) is 18.5 Å². The number of aromatic amines is 1. The summed E-state index contributed by atoms with van der Waals surface area (Å²) in [5, 5.41) is 9.42. The summed E-state index contributed by atoms with van der Waals surface area (Å²) >= 11 is 0. The van der Waals surface area contributed by atoms with E-state index in [1.54, 1.807) is 10.6 Å². The smallest absolute Gasteiger partial charge is 0.251 e. The molecular weight excluding hydrogens is 413 g/mol. The molecule has 0 saturated carbocycles. The Hall–Kier alpha value is -3.04. The molecule has 0 amide bonds. The SMILES string of the molecule is O=c1cc(CN2CCC3(CCN(CCn4c(=O)ccc5ncc(F)cc54)C3)C2)[nH]cc1O. The largest absolute Gasteiger partial charge is 0.503 e. The monoisotopic (exact) mass is 439 g/mol. The van der Waals surface area contributed by atoms with Crippen molar-refractivity contribution in [3.8, 4) is 5.75 Å². The second-order valence-electron chi connectivity index (χ2n) is 9.08. The molecule has 0 aliphatic carbocycles. The van der Waals surface area contributed by atoms with Gasteiger partial charge in [0.05, 0.1) is 17.2 Å². The lowest BCUT2D eigenvalue weighted by atomic mass is 9.86.